The van der Waals surface area contributed by atoms with Gasteiger partial charge in [-0.1, -0.05) is 0 Å². The van der Waals surface area contributed by atoms with Crippen molar-refractivity contribution in [2.45, 2.75) is 18.4 Å². The van der Waals surface area contributed by atoms with Crippen molar-refractivity contribution in [2.75, 3.05) is 27.2 Å². The quantitative estimate of drug-likeness (QED) is 0.553. The Labute approximate surface area is 73.0 Å². The normalized spacial score (nSPS) is 23.9. The molecule has 12 heavy (non-hydrogen) atoms. The lowest BCUT2D eigenvalue weighted by molar-refractivity contribution is -0.0539. The molecule has 0 spiro atoms. The highest BCUT2D eigenvalue weighted by Gasteiger charge is 2.32. The maximum absolute atomic E-state index is 9.57. The minimum Gasteiger partial charge on any atom is -0.375 e. The molecule has 0 aromatic rings. The van der Waals surface area contributed by atoms with E-state index in [1.165, 1.54) is 0 Å². The highest BCUT2D eigenvalue weighted by Crippen LogP contribution is 2.21. The second-order valence-corrected chi connectivity index (χ2v) is 3.44. The molecule has 1 aliphatic rings. The average molecular weight is 169 g/mol. The fourth-order valence-electron chi connectivity index (χ4n) is 1.38. The Hall–Kier alpha value is -0.630. The van der Waals surface area contributed by atoms with E-state index in [9.17, 15) is 5.11 Å². The van der Waals surface area contributed by atoms with Gasteiger partial charge in [-0.15, -0.1) is 0 Å². The summed E-state index contributed by atoms with van der Waals surface area (Å²) in [4.78, 5) is 0. The van der Waals surface area contributed by atoms with Gasteiger partial charge in [0.2, 0.25) is 0 Å². The molecule has 0 saturated carbocycles. The highest BCUT2D eigenvalue weighted by atomic mass is 16.3. The first-order valence-electron chi connectivity index (χ1n) is 4.13. The summed E-state index contributed by atoms with van der Waals surface area (Å²) in [7, 11) is 3.94. The number of hydrogen-bond acceptors (Lipinski definition) is 4. The number of rotatable bonds is 1. The summed E-state index contributed by atoms with van der Waals surface area (Å²) in [6.45, 7) is 1.52. The molecule has 1 saturated heterocycles. The van der Waals surface area contributed by atoms with Crippen LogP contribution >= 0.6 is 0 Å². The van der Waals surface area contributed by atoms with E-state index in [1.807, 2.05) is 25.2 Å². The van der Waals surface area contributed by atoms with E-state index in [4.69, 9.17) is 5.26 Å². The standard InChI is InChI=1S/C8H15N3O/c1-10(2)11-5-3-8(12,7-9)4-6-11/h12H,3-6H2,1-2H3. The molecule has 68 valence electrons. The van der Waals surface area contributed by atoms with Gasteiger partial charge < -0.3 is 5.11 Å². The molecule has 1 rings (SSSR count). The van der Waals surface area contributed by atoms with Crippen LogP contribution in [0.25, 0.3) is 0 Å². The third kappa shape index (κ3) is 1.95. The van der Waals surface area contributed by atoms with E-state index < -0.39 is 5.60 Å². The first kappa shape index (κ1) is 9.46. The molecular weight excluding hydrogens is 154 g/mol. The van der Waals surface area contributed by atoms with Crippen molar-refractivity contribution in [1.29, 1.82) is 5.26 Å². The summed E-state index contributed by atoms with van der Waals surface area (Å²) in [5.41, 5.74) is -1.08. The van der Waals surface area contributed by atoms with Crippen LogP contribution in [0.5, 0.6) is 0 Å². The minimum atomic E-state index is -1.08. The SMILES string of the molecule is CN(C)N1CCC(O)(C#N)CC1. The first-order valence-corrected chi connectivity index (χ1v) is 4.13. The molecule has 0 bridgehead atoms. The van der Waals surface area contributed by atoms with Gasteiger partial charge in [-0.2, -0.15) is 5.26 Å². The van der Waals surface area contributed by atoms with Gasteiger partial charge in [-0.05, 0) is 0 Å². The molecule has 0 aromatic heterocycles. The topological polar surface area (TPSA) is 50.5 Å². The van der Waals surface area contributed by atoms with Crippen LogP contribution in [0.3, 0.4) is 0 Å². The van der Waals surface area contributed by atoms with E-state index in [2.05, 4.69) is 5.01 Å². The maximum atomic E-state index is 9.57. The third-order valence-electron chi connectivity index (χ3n) is 2.34. The van der Waals surface area contributed by atoms with Crippen molar-refractivity contribution >= 4 is 0 Å². The van der Waals surface area contributed by atoms with Crippen molar-refractivity contribution in [3.8, 4) is 6.07 Å². The molecule has 1 aliphatic heterocycles. The summed E-state index contributed by atoms with van der Waals surface area (Å²) in [5.74, 6) is 0. The van der Waals surface area contributed by atoms with Gasteiger partial charge in [0.1, 0.15) is 0 Å². The zero-order valence-electron chi connectivity index (χ0n) is 7.62. The predicted octanol–water partition coefficient (Wildman–Crippen LogP) is -0.187. The van der Waals surface area contributed by atoms with Crippen LogP contribution in [0.2, 0.25) is 0 Å². The number of nitriles is 1. The fraction of sp³-hybridized carbons (Fsp3) is 0.875. The first-order chi connectivity index (χ1) is 5.57. The lowest BCUT2D eigenvalue weighted by atomic mass is 9.94. The predicted molar refractivity (Wildman–Crippen MR) is 45.1 cm³/mol. The van der Waals surface area contributed by atoms with E-state index in [-0.39, 0.29) is 0 Å². The van der Waals surface area contributed by atoms with Gasteiger partial charge in [0.25, 0.3) is 0 Å². The largest absolute Gasteiger partial charge is 0.375 e. The zero-order valence-corrected chi connectivity index (χ0v) is 7.62. The lowest BCUT2D eigenvalue weighted by Gasteiger charge is -2.37. The van der Waals surface area contributed by atoms with E-state index in [0.717, 1.165) is 13.1 Å². The van der Waals surface area contributed by atoms with Crippen LogP contribution < -0.4 is 0 Å². The number of piperidine rings is 1. The molecular formula is C8H15N3O. The smallest absolute Gasteiger partial charge is 0.153 e. The zero-order chi connectivity index (χ0) is 9.19. The van der Waals surface area contributed by atoms with Gasteiger partial charge in [-0.25, -0.2) is 10.0 Å². The summed E-state index contributed by atoms with van der Waals surface area (Å²) in [6.07, 6.45) is 1.09. The Kier molecular flexibility index (Phi) is 2.68. The Morgan fingerprint density at radius 1 is 1.42 bits per heavy atom. The summed E-state index contributed by atoms with van der Waals surface area (Å²) in [5, 5.41) is 22.3. The van der Waals surface area contributed by atoms with Gasteiger partial charge in [0.15, 0.2) is 5.60 Å². The molecule has 4 nitrogen and oxygen atoms in total. The highest BCUT2D eigenvalue weighted by molar-refractivity contribution is 5.02. The number of hydrogen-bond donors (Lipinski definition) is 1. The Balaban J connectivity index is 2.46. The van der Waals surface area contributed by atoms with Gasteiger partial charge in [0, 0.05) is 40.0 Å². The van der Waals surface area contributed by atoms with E-state index >= 15 is 0 Å². The molecule has 0 unspecified atom stereocenters. The molecule has 0 atom stereocenters. The average Bonchev–Trinajstić information content (AvgIpc) is 2.05. The van der Waals surface area contributed by atoms with Crippen molar-refractivity contribution in [3.63, 3.8) is 0 Å². The van der Waals surface area contributed by atoms with Crippen molar-refractivity contribution in [2.24, 2.45) is 0 Å². The molecule has 0 aliphatic carbocycles. The second-order valence-electron chi connectivity index (χ2n) is 3.44. The lowest BCUT2D eigenvalue weighted by Crippen LogP contribution is -2.48. The van der Waals surface area contributed by atoms with Crippen LogP contribution in [0.1, 0.15) is 12.8 Å². The van der Waals surface area contributed by atoms with Crippen LogP contribution in [0.15, 0.2) is 0 Å². The molecule has 0 radical (unpaired) electrons. The fourth-order valence-corrected chi connectivity index (χ4v) is 1.38. The molecule has 1 fully saturated rings. The summed E-state index contributed by atoms with van der Waals surface area (Å²) in [6, 6.07) is 1.95. The van der Waals surface area contributed by atoms with Gasteiger partial charge in [0.05, 0.1) is 6.07 Å². The number of aliphatic hydroxyl groups is 1. The van der Waals surface area contributed by atoms with Gasteiger partial charge >= 0.3 is 0 Å². The second kappa shape index (κ2) is 3.40. The van der Waals surface area contributed by atoms with Crippen LogP contribution in [0.4, 0.5) is 0 Å². The molecule has 1 N–H and O–H groups in total. The van der Waals surface area contributed by atoms with Crippen LogP contribution in [-0.4, -0.2) is 47.9 Å². The van der Waals surface area contributed by atoms with Gasteiger partial charge in [-0.3, -0.25) is 0 Å². The molecule has 4 heteroatoms. The third-order valence-corrected chi connectivity index (χ3v) is 2.34. The summed E-state index contributed by atoms with van der Waals surface area (Å²) < 4.78 is 0. The van der Waals surface area contributed by atoms with Crippen molar-refractivity contribution < 1.29 is 5.11 Å². The molecule has 1 heterocycles. The Bertz CT molecular complexity index is 189. The number of hydrazine groups is 1. The van der Waals surface area contributed by atoms with E-state index in [0.29, 0.717) is 12.8 Å². The Morgan fingerprint density at radius 2 is 1.92 bits per heavy atom. The Morgan fingerprint density at radius 3 is 2.25 bits per heavy atom. The van der Waals surface area contributed by atoms with Crippen LogP contribution in [0, 0.1) is 11.3 Å². The van der Waals surface area contributed by atoms with Crippen molar-refractivity contribution in [3.05, 3.63) is 0 Å². The molecule has 0 aromatic carbocycles. The van der Waals surface area contributed by atoms with Crippen LogP contribution in [-0.2, 0) is 0 Å². The molecule has 0 amide bonds. The van der Waals surface area contributed by atoms with Crippen molar-refractivity contribution in [1.82, 2.24) is 10.0 Å². The van der Waals surface area contributed by atoms with E-state index in [1.54, 1.807) is 0 Å². The maximum Gasteiger partial charge on any atom is 0.153 e. The number of nitrogens with zero attached hydrogens (tertiary/aromatic N) is 3. The summed E-state index contributed by atoms with van der Waals surface area (Å²) >= 11 is 0. The minimum absolute atomic E-state index is 0.543. The monoisotopic (exact) mass is 169 g/mol.